The fraction of sp³-hybridized carbons (Fsp3) is 0.167. The van der Waals surface area contributed by atoms with Gasteiger partial charge in [0.25, 0.3) is 0 Å². The van der Waals surface area contributed by atoms with Gasteiger partial charge in [0.05, 0.1) is 7.11 Å². The van der Waals surface area contributed by atoms with Gasteiger partial charge >= 0.3 is 21.1 Å². The molecule has 0 radical (unpaired) electrons. The van der Waals surface area contributed by atoms with Crippen LogP contribution in [0.3, 0.4) is 0 Å². The van der Waals surface area contributed by atoms with Gasteiger partial charge in [-0.1, -0.05) is 54.6 Å². The minimum absolute atomic E-state index is 0. The van der Waals surface area contributed by atoms with Crippen molar-refractivity contribution >= 4 is 12.8 Å². The molecule has 0 aliphatic heterocycles. The second-order valence-corrected chi connectivity index (χ2v) is 6.13. The molecular weight excluding hydrogens is 536 g/mol. The Balaban J connectivity index is 0.000000990. The van der Waals surface area contributed by atoms with E-state index in [4.69, 9.17) is 14.3 Å². The minimum atomic E-state index is -0.350. The molecule has 5 heteroatoms. The maximum atomic E-state index is 10.4. The van der Waals surface area contributed by atoms with Crippen molar-refractivity contribution in [2.45, 2.75) is 19.3 Å². The van der Waals surface area contributed by atoms with Gasteiger partial charge in [-0.3, -0.25) is 6.29 Å². The number of hydrogen-bond acceptors (Lipinski definition) is 4. The first-order valence-corrected chi connectivity index (χ1v) is 8.73. The standard InChI is InChI=1S/C22H19O3.C2H3O.W/c1-22(17-6-4-3-5-7-17,18-8-12-20(24-2)13-9-18)19-10-14-21(15-11-19)25-16-23;1-2-3;/h3-15H,1-2H3;1H3;/q2*-1;+2. The first-order chi connectivity index (χ1) is 13.6. The van der Waals surface area contributed by atoms with Crippen LogP contribution >= 0.6 is 0 Å². The summed E-state index contributed by atoms with van der Waals surface area (Å²) in [6.45, 7) is 4.96. The van der Waals surface area contributed by atoms with Crippen LogP contribution in [-0.2, 0) is 36.1 Å². The molecular formula is C24H22O4W. The second kappa shape index (κ2) is 12.0. The van der Waals surface area contributed by atoms with Gasteiger partial charge in [0.15, 0.2) is 6.47 Å². The predicted molar refractivity (Wildman–Crippen MR) is 109 cm³/mol. The van der Waals surface area contributed by atoms with E-state index in [1.165, 1.54) is 25.2 Å². The molecule has 0 N–H and O–H groups in total. The Morgan fingerprint density at radius 1 is 0.724 bits per heavy atom. The number of rotatable bonds is 6. The Hall–Kier alpha value is -2.71. The number of ether oxygens (including phenoxy) is 2. The topological polar surface area (TPSA) is 52.6 Å². The molecule has 1 unspecified atom stereocenters. The molecule has 0 aromatic heterocycles. The van der Waals surface area contributed by atoms with Gasteiger partial charge in [-0.05, 0) is 41.5 Å². The third-order valence-corrected chi connectivity index (χ3v) is 4.61. The molecule has 0 saturated heterocycles. The molecule has 0 bridgehead atoms. The Kier molecular flexibility index (Phi) is 10.0. The molecule has 3 aromatic carbocycles. The predicted octanol–water partition coefficient (Wildman–Crippen LogP) is 4.61. The van der Waals surface area contributed by atoms with Crippen LogP contribution in [0, 0.1) is 0 Å². The summed E-state index contributed by atoms with van der Waals surface area (Å²) in [6.07, 6.45) is 1.50. The Labute approximate surface area is 186 Å². The van der Waals surface area contributed by atoms with E-state index >= 15 is 0 Å². The summed E-state index contributed by atoms with van der Waals surface area (Å²) < 4.78 is 10.1. The summed E-state index contributed by atoms with van der Waals surface area (Å²) in [5.74, 6) is 1.30. The zero-order valence-corrected chi connectivity index (χ0v) is 19.5. The first kappa shape index (κ1) is 24.3. The summed E-state index contributed by atoms with van der Waals surface area (Å²) in [5, 5.41) is 0. The summed E-state index contributed by atoms with van der Waals surface area (Å²) in [5.41, 5.74) is 3.07. The van der Waals surface area contributed by atoms with E-state index in [1.807, 2.05) is 42.5 Å². The molecule has 1 atom stereocenters. The van der Waals surface area contributed by atoms with Crippen molar-refractivity contribution in [3.05, 3.63) is 95.6 Å². The number of benzene rings is 3. The molecule has 0 aliphatic carbocycles. The molecule has 29 heavy (non-hydrogen) atoms. The van der Waals surface area contributed by atoms with E-state index in [2.05, 4.69) is 31.2 Å². The van der Waals surface area contributed by atoms with Crippen LogP contribution in [0.1, 0.15) is 30.5 Å². The van der Waals surface area contributed by atoms with Crippen LogP contribution < -0.4 is 9.47 Å². The van der Waals surface area contributed by atoms with Gasteiger partial charge in [-0.25, -0.2) is 0 Å². The largest absolute Gasteiger partial charge is 2.00 e. The van der Waals surface area contributed by atoms with E-state index in [0.717, 1.165) is 16.9 Å². The second-order valence-electron chi connectivity index (χ2n) is 6.13. The first-order valence-electron chi connectivity index (χ1n) is 8.73. The fourth-order valence-electron chi connectivity index (χ4n) is 3.10. The molecule has 0 heterocycles. The van der Waals surface area contributed by atoms with E-state index in [1.54, 1.807) is 19.2 Å². The van der Waals surface area contributed by atoms with E-state index in [0.29, 0.717) is 5.75 Å². The fourth-order valence-corrected chi connectivity index (χ4v) is 3.10. The van der Waals surface area contributed by atoms with Gasteiger partial charge in [0.2, 0.25) is 0 Å². The molecule has 0 saturated carbocycles. The molecule has 148 valence electrons. The molecule has 0 fully saturated rings. The van der Waals surface area contributed by atoms with Crippen LogP contribution in [0.4, 0.5) is 0 Å². The third kappa shape index (κ3) is 5.88. The molecule has 4 nitrogen and oxygen atoms in total. The van der Waals surface area contributed by atoms with Gasteiger partial charge in [-0.2, -0.15) is 6.92 Å². The SMILES string of the molecule is COc1ccc(C(C)(c2ccccc2)c2ccc(O[C-]=O)cc2)cc1.C[C-]=O.[W+2]. The van der Waals surface area contributed by atoms with Crippen molar-refractivity contribution in [2.24, 2.45) is 0 Å². The Morgan fingerprint density at radius 2 is 1.14 bits per heavy atom. The summed E-state index contributed by atoms with van der Waals surface area (Å²) in [6, 6.07) is 25.9. The van der Waals surface area contributed by atoms with E-state index in [-0.39, 0.29) is 26.5 Å². The van der Waals surface area contributed by atoms with Crippen LogP contribution in [0.25, 0.3) is 0 Å². The Morgan fingerprint density at radius 3 is 1.55 bits per heavy atom. The maximum Gasteiger partial charge on any atom is 2.00 e. The minimum Gasteiger partial charge on any atom is -0.610 e. The molecule has 0 spiro atoms. The number of hydrogen-bond donors (Lipinski definition) is 0. The van der Waals surface area contributed by atoms with E-state index < -0.39 is 0 Å². The van der Waals surface area contributed by atoms with Crippen molar-refractivity contribution in [3.63, 3.8) is 0 Å². The summed E-state index contributed by atoms with van der Waals surface area (Å²) >= 11 is 0. The van der Waals surface area contributed by atoms with Crippen LogP contribution in [-0.4, -0.2) is 19.9 Å². The van der Waals surface area contributed by atoms with Crippen molar-refractivity contribution in [1.29, 1.82) is 0 Å². The summed E-state index contributed by atoms with van der Waals surface area (Å²) in [7, 11) is 1.66. The van der Waals surface area contributed by atoms with Crippen molar-refractivity contribution in [2.75, 3.05) is 7.11 Å². The van der Waals surface area contributed by atoms with Crippen LogP contribution in [0.5, 0.6) is 11.5 Å². The molecule has 0 aliphatic rings. The zero-order valence-electron chi connectivity index (χ0n) is 16.5. The normalized spacial score (nSPS) is 11.6. The summed E-state index contributed by atoms with van der Waals surface area (Å²) in [4.78, 5) is 19.1. The zero-order chi connectivity index (χ0) is 20.4. The van der Waals surface area contributed by atoms with Gasteiger partial charge < -0.3 is 19.1 Å². The average Bonchev–Trinajstić information content (AvgIpc) is 2.75. The van der Waals surface area contributed by atoms with Gasteiger partial charge in [-0.15, -0.1) is 12.1 Å². The van der Waals surface area contributed by atoms with Crippen molar-refractivity contribution in [1.82, 2.24) is 0 Å². The van der Waals surface area contributed by atoms with Crippen LogP contribution in [0.15, 0.2) is 78.9 Å². The van der Waals surface area contributed by atoms with Crippen molar-refractivity contribution in [3.8, 4) is 11.5 Å². The quantitative estimate of drug-likeness (QED) is 0.328. The van der Waals surface area contributed by atoms with Gasteiger partial charge in [0, 0.05) is 5.41 Å². The Bertz CT molecular complexity index is 877. The number of carbonyl (C=O) groups excluding carboxylic acids is 2. The van der Waals surface area contributed by atoms with Crippen LogP contribution in [0.2, 0.25) is 0 Å². The maximum absolute atomic E-state index is 10.4. The molecule has 3 aromatic rings. The van der Waals surface area contributed by atoms with Gasteiger partial charge in [0.1, 0.15) is 5.75 Å². The van der Waals surface area contributed by atoms with E-state index in [9.17, 15) is 4.79 Å². The average molecular weight is 558 g/mol. The van der Waals surface area contributed by atoms with Crippen molar-refractivity contribution < 1.29 is 40.1 Å². The number of methoxy groups -OCH3 is 1. The smallest absolute Gasteiger partial charge is 0.610 e. The monoisotopic (exact) mass is 558 g/mol. The molecule has 0 amide bonds. The molecule has 3 rings (SSSR count). The third-order valence-electron chi connectivity index (χ3n) is 4.61.